The number of carbonyl (C=O) groups excluding carboxylic acids is 1. The Kier molecular flexibility index (Phi) is 3.66. The SMILES string of the molecule is CC1CN(C(=O)c2ccc(Br)s2)CCN1C. The van der Waals surface area contributed by atoms with Crippen LogP contribution in [0.2, 0.25) is 0 Å². The molecule has 5 heteroatoms. The average Bonchev–Trinajstić information content (AvgIpc) is 2.68. The van der Waals surface area contributed by atoms with Gasteiger partial charge in [0.15, 0.2) is 0 Å². The molecule has 1 aromatic heterocycles. The number of likely N-dealkylation sites (N-methyl/N-ethyl adjacent to an activating group) is 1. The fourth-order valence-electron chi connectivity index (χ4n) is 1.82. The van der Waals surface area contributed by atoms with Gasteiger partial charge < -0.3 is 9.80 Å². The topological polar surface area (TPSA) is 23.6 Å². The van der Waals surface area contributed by atoms with Crippen LogP contribution in [-0.4, -0.2) is 48.4 Å². The van der Waals surface area contributed by atoms with Crippen LogP contribution in [0.5, 0.6) is 0 Å². The van der Waals surface area contributed by atoms with Crippen molar-refractivity contribution in [1.82, 2.24) is 9.80 Å². The highest BCUT2D eigenvalue weighted by molar-refractivity contribution is 9.11. The molecule has 0 N–H and O–H groups in total. The number of amides is 1. The summed E-state index contributed by atoms with van der Waals surface area (Å²) < 4.78 is 1.01. The normalized spacial score (nSPS) is 22.4. The third-order valence-electron chi connectivity index (χ3n) is 3.03. The zero-order valence-corrected chi connectivity index (χ0v) is 11.8. The molecule has 1 aliphatic heterocycles. The molecule has 0 aliphatic carbocycles. The predicted molar refractivity (Wildman–Crippen MR) is 70.0 cm³/mol. The summed E-state index contributed by atoms with van der Waals surface area (Å²) in [6.07, 6.45) is 0. The van der Waals surface area contributed by atoms with E-state index in [-0.39, 0.29) is 5.91 Å². The number of hydrogen-bond acceptors (Lipinski definition) is 3. The van der Waals surface area contributed by atoms with E-state index in [0.29, 0.717) is 6.04 Å². The van der Waals surface area contributed by atoms with Crippen molar-refractivity contribution in [3.63, 3.8) is 0 Å². The summed E-state index contributed by atoms with van der Waals surface area (Å²) in [4.78, 5) is 17.2. The van der Waals surface area contributed by atoms with Gasteiger partial charge in [-0.15, -0.1) is 11.3 Å². The minimum Gasteiger partial charge on any atom is -0.335 e. The molecule has 16 heavy (non-hydrogen) atoms. The molecule has 0 bridgehead atoms. The van der Waals surface area contributed by atoms with Crippen LogP contribution in [0.15, 0.2) is 15.9 Å². The van der Waals surface area contributed by atoms with Crippen LogP contribution in [0, 0.1) is 0 Å². The molecule has 1 amide bonds. The first-order chi connectivity index (χ1) is 7.58. The lowest BCUT2D eigenvalue weighted by Crippen LogP contribution is -2.51. The van der Waals surface area contributed by atoms with Gasteiger partial charge in [0, 0.05) is 25.7 Å². The highest BCUT2D eigenvalue weighted by atomic mass is 79.9. The zero-order chi connectivity index (χ0) is 11.7. The molecule has 0 saturated carbocycles. The van der Waals surface area contributed by atoms with Crippen molar-refractivity contribution in [2.75, 3.05) is 26.7 Å². The van der Waals surface area contributed by atoms with E-state index in [1.54, 1.807) is 0 Å². The van der Waals surface area contributed by atoms with Crippen molar-refractivity contribution >= 4 is 33.2 Å². The minimum atomic E-state index is 0.163. The van der Waals surface area contributed by atoms with Gasteiger partial charge in [-0.25, -0.2) is 0 Å². The lowest BCUT2D eigenvalue weighted by molar-refractivity contribution is 0.0577. The predicted octanol–water partition coefficient (Wildman–Crippen LogP) is 2.29. The van der Waals surface area contributed by atoms with Crippen LogP contribution in [-0.2, 0) is 0 Å². The van der Waals surface area contributed by atoms with E-state index in [1.807, 2.05) is 17.0 Å². The first kappa shape index (κ1) is 12.1. The smallest absolute Gasteiger partial charge is 0.264 e. The van der Waals surface area contributed by atoms with E-state index < -0.39 is 0 Å². The number of halogens is 1. The van der Waals surface area contributed by atoms with Crippen molar-refractivity contribution in [2.24, 2.45) is 0 Å². The van der Waals surface area contributed by atoms with Gasteiger partial charge in [-0.1, -0.05) is 0 Å². The Morgan fingerprint density at radius 1 is 1.50 bits per heavy atom. The van der Waals surface area contributed by atoms with Gasteiger partial charge >= 0.3 is 0 Å². The van der Waals surface area contributed by atoms with E-state index in [4.69, 9.17) is 0 Å². The molecule has 1 aliphatic rings. The molecule has 0 spiro atoms. The van der Waals surface area contributed by atoms with Gasteiger partial charge in [-0.3, -0.25) is 4.79 Å². The first-order valence-corrected chi connectivity index (χ1v) is 6.93. The number of thiophene rings is 1. The third-order valence-corrected chi connectivity index (χ3v) is 4.64. The van der Waals surface area contributed by atoms with Crippen molar-refractivity contribution < 1.29 is 4.79 Å². The third kappa shape index (κ3) is 2.47. The molecule has 88 valence electrons. The molecule has 0 radical (unpaired) electrons. The average molecular weight is 303 g/mol. The van der Waals surface area contributed by atoms with Crippen LogP contribution < -0.4 is 0 Å². The maximum Gasteiger partial charge on any atom is 0.264 e. The molecule has 1 aromatic rings. The maximum absolute atomic E-state index is 12.2. The monoisotopic (exact) mass is 302 g/mol. The summed E-state index contributed by atoms with van der Waals surface area (Å²) >= 11 is 4.89. The van der Waals surface area contributed by atoms with Crippen molar-refractivity contribution in [3.05, 3.63) is 20.8 Å². The summed E-state index contributed by atoms with van der Waals surface area (Å²) in [5.74, 6) is 0.163. The molecule has 0 aromatic carbocycles. The Labute approximate surface area is 108 Å². The van der Waals surface area contributed by atoms with Crippen LogP contribution in [0.4, 0.5) is 0 Å². The van der Waals surface area contributed by atoms with Crippen LogP contribution >= 0.6 is 27.3 Å². The molecule has 1 fully saturated rings. The standard InChI is InChI=1S/C11H15BrN2OS/c1-8-7-14(6-5-13(8)2)11(15)9-3-4-10(12)16-9/h3-4,8H,5-7H2,1-2H3. The van der Waals surface area contributed by atoms with Gasteiger partial charge in [-0.2, -0.15) is 0 Å². The Bertz CT molecular complexity index is 393. The van der Waals surface area contributed by atoms with Gasteiger partial charge in [0.1, 0.15) is 0 Å². The highest BCUT2D eigenvalue weighted by Crippen LogP contribution is 2.24. The van der Waals surface area contributed by atoms with Crippen molar-refractivity contribution in [1.29, 1.82) is 0 Å². The fourth-order valence-corrected chi connectivity index (χ4v) is 3.17. The lowest BCUT2D eigenvalue weighted by atomic mass is 10.2. The Morgan fingerprint density at radius 3 is 2.81 bits per heavy atom. The maximum atomic E-state index is 12.2. The number of hydrogen-bond donors (Lipinski definition) is 0. The summed E-state index contributed by atoms with van der Waals surface area (Å²) in [6, 6.07) is 4.26. The fraction of sp³-hybridized carbons (Fsp3) is 0.545. The largest absolute Gasteiger partial charge is 0.335 e. The summed E-state index contributed by atoms with van der Waals surface area (Å²) in [5, 5.41) is 0. The Morgan fingerprint density at radius 2 is 2.25 bits per heavy atom. The quantitative estimate of drug-likeness (QED) is 0.795. The first-order valence-electron chi connectivity index (χ1n) is 5.33. The second kappa shape index (κ2) is 4.85. The molecule has 1 saturated heterocycles. The number of rotatable bonds is 1. The van der Waals surface area contributed by atoms with Gasteiger partial charge in [0.2, 0.25) is 0 Å². The van der Waals surface area contributed by atoms with E-state index >= 15 is 0 Å². The second-order valence-corrected chi connectivity index (χ2v) is 6.65. The van der Waals surface area contributed by atoms with E-state index in [2.05, 4.69) is 34.8 Å². The van der Waals surface area contributed by atoms with Gasteiger partial charge in [-0.05, 0) is 42.0 Å². The number of piperazine rings is 1. The highest BCUT2D eigenvalue weighted by Gasteiger charge is 2.25. The summed E-state index contributed by atoms with van der Waals surface area (Å²) in [5.41, 5.74) is 0. The van der Waals surface area contributed by atoms with Crippen LogP contribution in [0.1, 0.15) is 16.6 Å². The molecular weight excluding hydrogens is 288 g/mol. The summed E-state index contributed by atoms with van der Waals surface area (Å²) in [6.45, 7) is 4.77. The molecule has 1 unspecified atom stereocenters. The Hall–Kier alpha value is -0.390. The zero-order valence-electron chi connectivity index (χ0n) is 9.44. The summed E-state index contributed by atoms with van der Waals surface area (Å²) in [7, 11) is 2.11. The van der Waals surface area contributed by atoms with E-state index in [1.165, 1.54) is 11.3 Å². The second-order valence-electron chi connectivity index (χ2n) is 4.18. The molecule has 1 atom stereocenters. The van der Waals surface area contributed by atoms with Crippen molar-refractivity contribution in [3.8, 4) is 0 Å². The lowest BCUT2D eigenvalue weighted by Gasteiger charge is -2.37. The molecular formula is C11H15BrN2OS. The Balaban J connectivity index is 2.06. The van der Waals surface area contributed by atoms with E-state index in [9.17, 15) is 4.79 Å². The van der Waals surface area contributed by atoms with Crippen LogP contribution in [0.25, 0.3) is 0 Å². The van der Waals surface area contributed by atoms with Gasteiger partial charge in [0.25, 0.3) is 5.91 Å². The molecule has 2 heterocycles. The van der Waals surface area contributed by atoms with Gasteiger partial charge in [0.05, 0.1) is 8.66 Å². The molecule has 2 rings (SSSR count). The van der Waals surface area contributed by atoms with E-state index in [0.717, 1.165) is 28.3 Å². The number of nitrogens with zero attached hydrogens (tertiary/aromatic N) is 2. The molecule has 3 nitrogen and oxygen atoms in total. The van der Waals surface area contributed by atoms with Crippen molar-refractivity contribution in [2.45, 2.75) is 13.0 Å². The number of carbonyl (C=O) groups is 1. The minimum absolute atomic E-state index is 0.163. The van der Waals surface area contributed by atoms with Crippen LogP contribution in [0.3, 0.4) is 0 Å².